The average Bonchev–Trinajstić information content (AvgIpc) is 3.51. The van der Waals surface area contributed by atoms with Crippen LogP contribution < -0.4 is 14.4 Å². The molecular formula is C28H30N2O4S. The van der Waals surface area contributed by atoms with E-state index < -0.39 is 10.0 Å². The first-order valence-electron chi connectivity index (χ1n) is 12.1. The molecule has 0 radical (unpaired) electrons. The Labute approximate surface area is 207 Å². The SMILES string of the molecule is COc1ccc(S(=O)(=O)N(Cc2ccccc2)c2ccccc2C(=O)N[C@@H]2C[C@@H]3CC[C@@H]2C3)cc1. The quantitative estimate of drug-likeness (QED) is 0.482. The number of sulfonamides is 1. The van der Waals surface area contributed by atoms with Crippen LogP contribution in [0.1, 0.15) is 41.6 Å². The van der Waals surface area contributed by atoms with Crippen molar-refractivity contribution in [1.82, 2.24) is 5.32 Å². The monoisotopic (exact) mass is 490 g/mol. The molecular weight excluding hydrogens is 460 g/mol. The van der Waals surface area contributed by atoms with E-state index in [2.05, 4.69) is 5.32 Å². The maximum Gasteiger partial charge on any atom is 0.264 e. The smallest absolute Gasteiger partial charge is 0.264 e. The number of nitrogens with one attached hydrogen (secondary N) is 1. The van der Waals surface area contributed by atoms with Crippen LogP contribution in [0.4, 0.5) is 5.69 Å². The molecule has 2 aliphatic rings. The Bertz CT molecular complexity index is 1290. The second-order valence-corrected chi connectivity index (χ2v) is 11.3. The van der Waals surface area contributed by atoms with Crippen molar-refractivity contribution >= 4 is 21.6 Å². The van der Waals surface area contributed by atoms with Crippen LogP contribution in [0, 0.1) is 11.8 Å². The van der Waals surface area contributed by atoms with Crippen molar-refractivity contribution in [2.75, 3.05) is 11.4 Å². The van der Waals surface area contributed by atoms with Crippen molar-refractivity contribution in [2.45, 2.75) is 43.2 Å². The molecule has 2 aliphatic carbocycles. The molecule has 1 N–H and O–H groups in total. The minimum absolute atomic E-state index is 0.105. The zero-order chi connectivity index (χ0) is 24.4. The molecule has 2 fully saturated rings. The Morgan fingerprint density at radius 1 is 0.943 bits per heavy atom. The molecule has 0 aromatic heterocycles. The highest BCUT2D eigenvalue weighted by Crippen LogP contribution is 2.44. The molecule has 3 atom stereocenters. The number of ether oxygens (including phenoxy) is 1. The Kier molecular flexibility index (Phi) is 6.52. The Balaban J connectivity index is 1.52. The fourth-order valence-corrected chi connectivity index (χ4v) is 6.95. The molecule has 1 amide bonds. The normalized spacial score (nSPS) is 21.0. The first-order chi connectivity index (χ1) is 17.0. The largest absolute Gasteiger partial charge is 0.497 e. The van der Waals surface area contributed by atoms with Crippen molar-refractivity contribution < 1.29 is 17.9 Å². The molecule has 3 aromatic carbocycles. The van der Waals surface area contributed by atoms with Crippen molar-refractivity contribution in [2.24, 2.45) is 11.8 Å². The molecule has 182 valence electrons. The van der Waals surface area contributed by atoms with Crippen LogP contribution in [0.25, 0.3) is 0 Å². The summed E-state index contributed by atoms with van der Waals surface area (Å²) in [5.74, 6) is 1.58. The molecule has 5 rings (SSSR count). The highest BCUT2D eigenvalue weighted by atomic mass is 32.2. The van der Waals surface area contributed by atoms with Crippen molar-refractivity contribution in [1.29, 1.82) is 0 Å². The van der Waals surface area contributed by atoms with Gasteiger partial charge < -0.3 is 10.1 Å². The Hall–Kier alpha value is -3.32. The number of methoxy groups -OCH3 is 1. The van der Waals surface area contributed by atoms with Gasteiger partial charge in [0.2, 0.25) is 0 Å². The van der Waals surface area contributed by atoms with Crippen LogP contribution in [-0.2, 0) is 16.6 Å². The van der Waals surface area contributed by atoms with E-state index >= 15 is 0 Å². The first kappa shape index (κ1) is 23.4. The van der Waals surface area contributed by atoms with Crippen molar-refractivity contribution in [3.05, 3.63) is 90.0 Å². The van der Waals surface area contributed by atoms with Gasteiger partial charge in [0.25, 0.3) is 15.9 Å². The minimum Gasteiger partial charge on any atom is -0.497 e. The van der Waals surface area contributed by atoms with E-state index in [0.717, 1.165) is 18.4 Å². The number of benzene rings is 3. The number of rotatable bonds is 8. The van der Waals surface area contributed by atoms with Gasteiger partial charge in [-0.15, -0.1) is 0 Å². The third kappa shape index (κ3) is 4.78. The predicted molar refractivity (Wildman–Crippen MR) is 136 cm³/mol. The summed E-state index contributed by atoms with van der Waals surface area (Å²) in [6.45, 7) is 0.105. The zero-order valence-corrected chi connectivity index (χ0v) is 20.6. The summed E-state index contributed by atoms with van der Waals surface area (Å²) in [5, 5.41) is 3.22. The lowest BCUT2D eigenvalue weighted by Gasteiger charge is -2.28. The maximum absolute atomic E-state index is 13.9. The van der Waals surface area contributed by atoms with E-state index in [1.807, 2.05) is 30.3 Å². The van der Waals surface area contributed by atoms with Crippen LogP contribution in [0.15, 0.2) is 83.8 Å². The highest BCUT2D eigenvalue weighted by Gasteiger charge is 2.40. The fraction of sp³-hybridized carbons (Fsp3) is 0.321. The number of fused-ring (bicyclic) bond motifs is 2. The molecule has 35 heavy (non-hydrogen) atoms. The summed E-state index contributed by atoms with van der Waals surface area (Å²) in [4.78, 5) is 13.6. The molecule has 6 nitrogen and oxygen atoms in total. The van der Waals surface area contributed by atoms with E-state index in [1.54, 1.807) is 36.4 Å². The lowest BCUT2D eigenvalue weighted by molar-refractivity contribution is 0.0923. The second kappa shape index (κ2) is 9.74. The number of carbonyl (C=O) groups is 1. The standard InChI is InChI=1S/C28H30N2O4S/c1-34-23-13-15-24(16-14-23)35(32,33)30(19-20-7-3-2-4-8-20)27-10-6-5-9-25(27)28(31)29-26-18-21-11-12-22(26)17-21/h2-10,13-16,21-22,26H,11-12,17-19H2,1H3,(H,29,31)/t21-,22-,26-/m1/s1. The Morgan fingerprint density at radius 2 is 1.66 bits per heavy atom. The van der Waals surface area contributed by atoms with E-state index in [-0.39, 0.29) is 23.4 Å². The number of para-hydroxylation sites is 1. The summed E-state index contributed by atoms with van der Waals surface area (Å²) < 4.78 is 34.4. The lowest BCUT2D eigenvalue weighted by Crippen LogP contribution is -2.40. The number of hydrogen-bond donors (Lipinski definition) is 1. The third-order valence-electron chi connectivity index (χ3n) is 7.29. The maximum atomic E-state index is 13.9. The van der Waals surface area contributed by atoms with E-state index in [1.165, 1.54) is 36.4 Å². The predicted octanol–water partition coefficient (Wildman–Crippen LogP) is 5.01. The van der Waals surface area contributed by atoms with E-state index in [0.29, 0.717) is 28.8 Å². The molecule has 7 heteroatoms. The van der Waals surface area contributed by atoms with Crippen LogP contribution in [0.5, 0.6) is 5.75 Å². The number of anilines is 1. The van der Waals surface area contributed by atoms with Gasteiger partial charge in [-0.05, 0) is 73.1 Å². The summed E-state index contributed by atoms with van der Waals surface area (Å²) in [6.07, 6.45) is 4.59. The zero-order valence-electron chi connectivity index (χ0n) is 19.8. The fourth-order valence-electron chi connectivity index (χ4n) is 5.47. The highest BCUT2D eigenvalue weighted by molar-refractivity contribution is 7.92. The molecule has 0 unspecified atom stereocenters. The number of carbonyl (C=O) groups excluding carboxylic acids is 1. The summed E-state index contributed by atoms with van der Waals surface area (Å²) >= 11 is 0. The van der Waals surface area contributed by atoms with Gasteiger partial charge in [-0.25, -0.2) is 8.42 Å². The van der Waals surface area contributed by atoms with Gasteiger partial charge in [0.05, 0.1) is 29.8 Å². The molecule has 0 aliphatic heterocycles. The van der Waals surface area contributed by atoms with Gasteiger partial charge in [-0.2, -0.15) is 0 Å². The number of nitrogens with zero attached hydrogens (tertiary/aromatic N) is 1. The van der Waals surface area contributed by atoms with Crippen LogP contribution in [-0.4, -0.2) is 27.5 Å². The van der Waals surface area contributed by atoms with Crippen molar-refractivity contribution in [3.8, 4) is 5.75 Å². The number of hydrogen-bond acceptors (Lipinski definition) is 4. The van der Waals surface area contributed by atoms with E-state index in [4.69, 9.17) is 4.74 Å². The van der Waals surface area contributed by atoms with Crippen LogP contribution >= 0.6 is 0 Å². The minimum atomic E-state index is -3.97. The summed E-state index contributed by atoms with van der Waals surface area (Å²) in [7, 11) is -2.43. The molecule has 0 spiro atoms. The molecule has 0 heterocycles. The van der Waals surface area contributed by atoms with Crippen LogP contribution in [0.3, 0.4) is 0 Å². The van der Waals surface area contributed by atoms with Gasteiger partial charge in [-0.1, -0.05) is 48.9 Å². The molecule has 3 aromatic rings. The van der Waals surface area contributed by atoms with Crippen molar-refractivity contribution in [3.63, 3.8) is 0 Å². The van der Waals surface area contributed by atoms with Gasteiger partial charge in [0.15, 0.2) is 0 Å². The van der Waals surface area contributed by atoms with Crippen LogP contribution in [0.2, 0.25) is 0 Å². The summed E-state index contributed by atoms with van der Waals surface area (Å²) in [6, 6.07) is 22.9. The first-order valence-corrected chi connectivity index (χ1v) is 13.5. The topological polar surface area (TPSA) is 75.7 Å². The molecule has 0 saturated heterocycles. The Morgan fingerprint density at radius 3 is 2.31 bits per heavy atom. The number of amides is 1. The average molecular weight is 491 g/mol. The van der Waals surface area contributed by atoms with E-state index in [9.17, 15) is 13.2 Å². The summed E-state index contributed by atoms with van der Waals surface area (Å²) in [5.41, 5.74) is 1.56. The lowest BCUT2D eigenvalue weighted by atomic mass is 9.95. The van der Waals surface area contributed by atoms with Gasteiger partial charge >= 0.3 is 0 Å². The van der Waals surface area contributed by atoms with Gasteiger partial charge in [0.1, 0.15) is 5.75 Å². The van der Waals surface area contributed by atoms with Gasteiger partial charge in [-0.3, -0.25) is 9.10 Å². The molecule has 2 bridgehead atoms. The third-order valence-corrected chi connectivity index (χ3v) is 9.06. The molecule has 2 saturated carbocycles. The van der Waals surface area contributed by atoms with Gasteiger partial charge in [0, 0.05) is 6.04 Å². The second-order valence-electron chi connectivity index (χ2n) is 9.44.